The maximum absolute atomic E-state index is 11.8. The predicted octanol–water partition coefficient (Wildman–Crippen LogP) is 0.618. The molecular weight excluding hydrogens is 208 g/mol. The monoisotopic (exact) mass is 220 g/mol. The van der Waals surface area contributed by atoms with Crippen molar-refractivity contribution < 1.29 is 14.7 Å². The van der Waals surface area contributed by atoms with Gasteiger partial charge in [-0.1, -0.05) is 30.3 Å². The first kappa shape index (κ1) is 10.6. The SMILES string of the molecule is CC(O)N1C(=O)NC(c2ccccc2)C1=O. The minimum Gasteiger partial charge on any atom is -0.373 e. The number of imide groups is 1. The minimum atomic E-state index is -1.11. The molecule has 2 atom stereocenters. The number of carbonyl (C=O) groups excluding carboxylic acids is 2. The van der Waals surface area contributed by atoms with Crippen LogP contribution in [0, 0.1) is 0 Å². The molecule has 5 heteroatoms. The van der Waals surface area contributed by atoms with Crippen molar-refractivity contribution in [3.8, 4) is 0 Å². The normalized spacial score (nSPS) is 22.1. The van der Waals surface area contributed by atoms with E-state index in [1.165, 1.54) is 6.92 Å². The summed E-state index contributed by atoms with van der Waals surface area (Å²) in [4.78, 5) is 24.1. The number of amides is 3. The lowest BCUT2D eigenvalue weighted by atomic mass is 10.1. The van der Waals surface area contributed by atoms with Crippen molar-refractivity contribution in [2.24, 2.45) is 0 Å². The number of nitrogens with zero attached hydrogens (tertiary/aromatic N) is 1. The van der Waals surface area contributed by atoms with Crippen molar-refractivity contribution >= 4 is 11.9 Å². The third-order valence-corrected chi connectivity index (χ3v) is 2.48. The van der Waals surface area contributed by atoms with Gasteiger partial charge in [-0.05, 0) is 12.5 Å². The smallest absolute Gasteiger partial charge is 0.327 e. The number of aliphatic hydroxyl groups excluding tert-OH is 1. The number of benzene rings is 1. The van der Waals surface area contributed by atoms with Crippen LogP contribution in [0.15, 0.2) is 30.3 Å². The van der Waals surface area contributed by atoms with Crippen molar-refractivity contribution in [2.45, 2.75) is 19.2 Å². The van der Waals surface area contributed by atoms with Gasteiger partial charge in [0.25, 0.3) is 5.91 Å². The van der Waals surface area contributed by atoms with Crippen LogP contribution in [0.2, 0.25) is 0 Å². The average Bonchev–Trinajstić information content (AvgIpc) is 2.55. The van der Waals surface area contributed by atoms with Gasteiger partial charge in [0.15, 0.2) is 0 Å². The van der Waals surface area contributed by atoms with Gasteiger partial charge in [-0.3, -0.25) is 4.79 Å². The Hall–Kier alpha value is -1.88. The van der Waals surface area contributed by atoms with E-state index >= 15 is 0 Å². The van der Waals surface area contributed by atoms with E-state index in [0.717, 1.165) is 4.90 Å². The van der Waals surface area contributed by atoms with Gasteiger partial charge in [-0.25, -0.2) is 9.69 Å². The van der Waals surface area contributed by atoms with E-state index in [1.54, 1.807) is 24.3 Å². The second kappa shape index (κ2) is 3.94. The fourth-order valence-corrected chi connectivity index (χ4v) is 1.72. The van der Waals surface area contributed by atoms with Gasteiger partial charge in [0.2, 0.25) is 0 Å². The van der Waals surface area contributed by atoms with E-state index in [2.05, 4.69) is 5.32 Å². The van der Waals surface area contributed by atoms with Crippen LogP contribution in [0.1, 0.15) is 18.5 Å². The van der Waals surface area contributed by atoms with Crippen molar-refractivity contribution in [3.63, 3.8) is 0 Å². The molecule has 2 rings (SSSR count). The lowest BCUT2D eigenvalue weighted by molar-refractivity contribution is -0.133. The molecule has 0 saturated carbocycles. The van der Waals surface area contributed by atoms with Crippen LogP contribution in [0.4, 0.5) is 4.79 Å². The quantitative estimate of drug-likeness (QED) is 0.718. The third-order valence-electron chi connectivity index (χ3n) is 2.48. The molecule has 0 aromatic heterocycles. The molecule has 0 radical (unpaired) electrons. The minimum absolute atomic E-state index is 0.425. The highest BCUT2D eigenvalue weighted by Gasteiger charge is 2.40. The second-order valence-corrected chi connectivity index (χ2v) is 3.63. The van der Waals surface area contributed by atoms with E-state index < -0.39 is 24.2 Å². The molecule has 1 aliphatic rings. The Kier molecular flexibility index (Phi) is 2.62. The Balaban J connectivity index is 2.28. The van der Waals surface area contributed by atoms with Crippen molar-refractivity contribution in [2.75, 3.05) is 0 Å². The number of urea groups is 1. The van der Waals surface area contributed by atoms with Gasteiger partial charge in [-0.2, -0.15) is 0 Å². The number of hydrogen-bond acceptors (Lipinski definition) is 3. The third kappa shape index (κ3) is 1.65. The van der Waals surface area contributed by atoms with Gasteiger partial charge >= 0.3 is 6.03 Å². The second-order valence-electron chi connectivity index (χ2n) is 3.63. The summed E-state index contributed by atoms with van der Waals surface area (Å²) in [5, 5.41) is 11.8. The maximum Gasteiger partial charge on any atom is 0.327 e. The Morgan fingerprint density at radius 2 is 1.94 bits per heavy atom. The Bertz CT molecular complexity index is 416. The summed E-state index contributed by atoms with van der Waals surface area (Å²) >= 11 is 0. The van der Waals surface area contributed by atoms with E-state index in [-0.39, 0.29) is 0 Å². The zero-order valence-corrected chi connectivity index (χ0v) is 8.75. The fourth-order valence-electron chi connectivity index (χ4n) is 1.72. The van der Waals surface area contributed by atoms with Gasteiger partial charge in [0.05, 0.1) is 0 Å². The van der Waals surface area contributed by atoms with Crippen LogP contribution in [0.3, 0.4) is 0 Å². The lowest BCUT2D eigenvalue weighted by Gasteiger charge is -2.15. The first-order valence-electron chi connectivity index (χ1n) is 4.98. The number of carbonyl (C=O) groups is 2. The highest BCUT2D eigenvalue weighted by molar-refractivity contribution is 6.04. The van der Waals surface area contributed by atoms with Crippen LogP contribution in [-0.2, 0) is 4.79 Å². The molecule has 1 aromatic rings. The van der Waals surface area contributed by atoms with Crippen LogP contribution < -0.4 is 5.32 Å². The van der Waals surface area contributed by atoms with E-state index in [4.69, 9.17) is 0 Å². The van der Waals surface area contributed by atoms with E-state index in [1.807, 2.05) is 6.07 Å². The zero-order chi connectivity index (χ0) is 11.7. The van der Waals surface area contributed by atoms with Crippen molar-refractivity contribution in [1.29, 1.82) is 0 Å². The van der Waals surface area contributed by atoms with Gasteiger partial charge < -0.3 is 10.4 Å². The first-order chi connectivity index (χ1) is 7.61. The fraction of sp³-hybridized carbons (Fsp3) is 0.273. The van der Waals surface area contributed by atoms with Crippen molar-refractivity contribution in [1.82, 2.24) is 10.2 Å². The molecule has 1 saturated heterocycles. The summed E-state index contributed by atoms with van der Waals surface area (Å²) in [6, 6.07) is 7.68. The maximum atomic E-state index is 11.8. The number of hydrogen-bond donors (Lipinski definition) is 2. The molecule has 1 aliphatic heterocycles. The molecule has 3 amide bonds. The highest BCUT2D eigenvalue weighted by atomic mass is 16.3. The summed E-state index contributed by atoms with van der Waals surface area (Å²) in [5.74, 6) is -0.425. The first-order valence-corrected chi connectivity index (χ1v) is 4.98. The van der Waals surface area contributed by atoms with Crippen LogP contribution in [0.25, 0.3) is 0 Å². The summed E-state index contributed by atoms with van der Waals surface area (Å²) < 4.78 is 0. The molecule has 0 spiro atoms. The zero-order valence-electron chi connectivity index (χ0n) is 8.75. The van der Waals surface area contributed by atoms with Gasteiger partial charge in [0, 0.05) is 0 Å². The summed E-state index contributed by atoms with van der Waals surface area (Å²) in [7, 11) is 0. The molecule has 84 valence electrons. The predicted molar refractivity (Wildman–Crippen MR) is 56.2 cm³/mol. The van der Waals surface area contributed by atoms with Crippen LogP contribution in [-0.4, -0.2) is 28.2 Å². The topological polar surface area (TPSA) is 69.6 Å². The summed E-state index contributed by atoms with van der Waals surface area (Å²) in [6.07, 6.45) is -1.11. The number of rotatable bonds is 2. The van der Waals surface area contributed by atoms with Crippen LogP contribution in [0.5, 0.6) is 0 Å². The summed E-state index contributed by atoms with van der Waals surface area (Å²) in [6.45, 7) is 1.38. The molecule has 1 fully saturated rings. The summed E-state index contributed by atoms with van der Waals surface area (Å²) in [5.41, 5.74) is 0.712. The standard InChI is InChI=1S/C11H12N2O3/c1-7(14)13-10(15)9(12-11(13)16)8-5-3-2-4-6-8/h2-7,9,14H,1H3,(H,12,16). The molecule has 2 unspecified atom stereocenters. The highest BCUT2D eigenvalue weighted by Crippen LogP contribution is 2.22. The Morgan fingerprint density at radius 1 is 1.31 bits per heavy atom. The van der Waals surface area contributed by atoms with Gasteiger partial charge in [0.1, 0.15) is 12.3 Å². The van der Waals surface area contributed by atoms with Crippen LogP contribution >= 0.6 is 0 Å². The number of aliphatic hydroxyl groups is 1. The molecule has 1 aromatic carbocycles. The molecule has 16 heavy (non-hydrogen) atoms. The Morgan fingerprint density at radius 3 is 2.44 bits per heavy atom. The average molecular weight is 220 g/mol. The molecule has 0 aliphatic carbocycles. The molecule has 0 bridgehead atoms. The van der Waals surface area contributed by atoms with E-state index in [9.17, 15) is 14.7 Å². The molecular formula is C11H12N2O3. The number of nitrogens with one attached hydrogen (secondary N) is 1. The van der Waals surface area contributed by atoms with Gasteiger partial charge in [-0.15, -0.1) is 0 Å². The molecule has 5 nitrogen and oxygen atoms in total. The lowest BCUT2D eigenvalue weighted by Crippen LogP contribution is -2.38. The van der Waals surface area contributed by atoms with Crippen molar-refractivity contribution in [3.05, 3.63) is 35.9 Å². The van der Waals surface area contributed by atoms with E-state index in [0.29, 0.717) is 5.56 Å². The molecule has 1 heterocycles. The largest absolute Gasteiger partial charge is 0.373 e. The molecule has 2 N–H and O–H groups in total. The Labute approximate surface area is 92.7 Å².